The van der Waals surface area contributed by atoms with Gasteiger partial charge in [-0.25, -0.2) is 0 Å². The molecule has 2 aromatic rings. The van der Waals surface area contributed by atoms with Gasteiger partial charge in [-0.15, -0.1) is 0 Å². The molecule has 1 unspecified atom stereocenters. The summed E-state index contributed by atoms with van der Waals surface area (Å²) in [6.45, 7) is 9.11. The van der Waals surface area contributed by atoms with Crippen molar-refractivity contribution in [3.8, 4) is 16.9 Å². The second-order valence-corrected chi connectivity index (χ2v) is 12.1. The van der Waals surface area contributed by atoms with Crippen molar-refractivity contribution in [1.29, 1.82) is 0 Å². The number of phenolic OH excluding ortho intramolecular Hbond substituents is 1. The average molecular weight is 547 g/mol. The third-order valence-corrected chi connectivity index (χ3v) is 9.92. The molecule has 1 saturated carbocycles. The molecule has 1 fully saturated rings. The van der Waals surface area contributed by atoms with Crippen LogP contribution in [0.5, 0.6) is 5.75 Å². The van der Waals surface area contributed by atoms with Gasteiger partial charge in [-0.05, 0) is 29.9 Å². The van der Waals surface area contributed by atoms with Crippen LogP contribution in [0.2, 0.25) is 0 Å². The lowest BCUT2D eigenvalue weighted by molar-refractivity contribution is -0.215. The van der Waals surface area contributed by atoms with Crippen LogP contribution in [-0.4, -0.2) is 54.6 Å². The van der Waals surface area contributed by atoms with Crippen LogP contribution in [0.15, 0.2) is 59.4 Å². The zero-order valence-electron chi connectivity index (χ0n) is 23.3. The Morgan fingerprint density at radius 2 is 1.57 bits per heavy atom. The fraction of sp³-hybridized carbons (Fsp3) is 0.406. The molecule has 8 heteroatoms. The van der Waals surface area contributed by atoms with E-state index in [0.29, 0.717) is 16.7 Å². The topological polar surface area (TPSA) is 152 Å². The lowest BCUT2D eigenvalue weighted by atomic mass is 9.40. The normalized spacial score (nSPS) is 33.6. The molecule has 8 nitrogen and oxygen atoms in total. The Bertz CT molecular complexity index is 1550. The first kappa shape index (κ1) is 27.8. The highest BCUT2D eigenvalue weighted by molar-refractivity contribution is 6.24. The number of fused-ring (bicyclic) bond motifs is 3. The Kier molecular flexibility index (Phi) is 5.99. The number of aromatic hydroxyl groups is 1. The van der Waals surface area contributed by atoms with Crippen molar-refractivity contribution in [3.05, 3.63) is 70.5 Å². The molecule has 40 heavy (non-hydrogen) atoms. The Balaban J connectivity index is 1.88. The van der Waals surface area contributed by atoms with Gasteiger partial charge in [0, 0.05) is 22.3 Å². The van der Waals surface area contributed by atoms with E-state index in [1.807, 2.05) is 6.07 Å². The van der Waals surface area contributed by atoms with Gasteiger partial charge in [-0.1, -0.05) is 77.1 Å². The van der Waals surface area contributed by atoms with E-state index in [-0.39, 0.29) is 16.9 Å². The number of rotatable bonds is 3. The number of aliphatic hydroxyl groups excluding tert-OH is 3. The average Bonchev–Trinajstić information content (AvgIpc) is 2.89. The maximum Gasteiger partial charge on any atom is 0.203 e. The lowest BCUT2D eigenvalue weighted by Crippen LogP contribution is -2.75. The molecule has 3 aliphatic carbocycles. The van der Waals surface area contributed by atoms with Crippen LogP contribution in [0.3, 0.4) is 0 Å². The summed E-state index contributed by atoms with van der Waals surface area (Å²) >= 11 is 0. The molecule has 5 N–H and O–H groups in total. The summed E-state index contributed by atoms with van der Waals surface area (Å²) in [7, 11) is 0. The molecule has 0 aromatic heterocycles. The van der Waals surface area contributed by atoms with Gasteiger partial charge in [-0.2, -0.15) is 0 Å². The summed E-state index contributed by atoms with van der Waals surface area (Å²) in [4.78, 5) is 40.6. The van der Waals surface area contributed by atoms with Crippen molar-refractivity contribution >= 4 is 23.1 Å². The predicted octanol–water partition coefficient (Wildman–Crippen LogP) is 4.39. The number of phenols is 1. The van der Waals surface area contributed by atoms with E-state index >= 15 is 0 Å². The summed E-state index contributed by atoms with van der Waals surface area (Å²) in [6.07, 6.45) is -1.65. The summed E-state index contributed by atoms with van der Waals surface area (Å²) in [5.41, 5.74) is -5.96. The van der Waals surface area contributed by atoms with Crippen LogP contribution in [-0.2, 0) is 14.4 Å². The summed E-state index contributed by atoms with van der Waals surface area (Å²) < 4.78 is 0. The minimum atomic E-state index is -2.90. The molecule has 0 amide bonds. The van der Waals surface area contributed by atoms with Crippen molar-refractivity contribution in [2.45, 2.75) is 59.2 Å². The molecule has 0 saturated heterocycles. The zero-order chi connectivity index (χ0) is 29.7. The fourth-order valence-electron chi connectivity index (χ4n) is 7.78. The Hall–Kier alpha value is -3.75. The number of aliphatic hydroxyl groups is 4. The smallest absolute Gasteiger partial charge is 0.203 e. The number of benzene rings is 2. The molecule has 0 radical (unpaired) electrons. The van der Waals surface area contributed by atoms with Crippen molar-refractivity contribution in [1.82, 2.24) is 0 Å². The van der Waals surface area contributed by atoms with Gasteiger partial charge >= 0.3 is 0 Å². The minimum Gasteiger partial charge on any atom is -0.508 e. The van der Waals surface area contributed by atoms with Gasteiger partial charge in [0.1, 0.15) is 22.8 Å². The van der Waals surface area contributed by atoms with E-state index in [1.165, 1.54) is 6.92 Å². The van der Waals surface area contributed by atoms with E-state index in [1.54, 1.807) is 64.1 Å². The Morgan fingerprint density at radius 3 is 2.12 bits per heavy atom. The lowest BCUT2D eigenvalue weighted by Gasteiger charge is -2.63. The first-order chi connectivity index (χ1) is 18.6. The monoisotopic (exact) mass is 546 g/mol. The molecule has 3 aliphatic rings. The van der Waals surface area contributed by atoms with Crippen LogP contribution in [0.25, 0.3) is 16.9 Å². The molecule has 0 heterocycles. The third kappa shape index (κ3) is 3.01. The first-order valence-electron chi connectivity index (χ1n) is 13.4. The van der Waals surface area contributed by atoms with Crippen LogP contribution < -0.4 is 0 Å². The predicted molar refractivity (Wildman–Crippen MR) is 147 cm³/mol. The highest BCUT2D eigenvalue weighted by atomic mass is 16.4. The van der Waals surface area contributed by atoms with Crippen LogP contribution in [0.1, 0.15) is 58.6 Å². The van der Waals surface area contributed by atoms with Gasteiger partial charge in [0.25, 0.3) is 0 Å². The molecule has 0 spiro atoms. The van der Waals surface area contributed by atoms with Crippen LogP contribution >= 0.6 is 0 Å². The summed E-state index contributed by atoms with van der Waals surface area (Å²) in [5.74, 6) is -7.21. The molecule has 0 aliphatic heterocycles. The molecule has 5 rings (SSSR count). The second-order valence-electron chi connectivity index (χ2n) is 12.1. The number of carbonyl (C=O) groups excluding carboxylic acids is 3. The summed E-state index contributed by atoms with van der Waals surface area (Å²) in [5, 5.41) is 58.8. The van der Waals surface area contributed by atoms with Crippen molar-refractivity contribution in [2.24, 2.45) is 22.7 Å². The Morgan fingerprint density at radius 1 is 0.975 bits per heavy atom. The maximum atomic E-state index is 14.5. The van der Waals surface area contributed by atoms with Gasteiger partial charge in [0.05, 0.1) is 17.2 Å². The largest absolute Gasteiger partial charge is 0.508 e. The first-order valence-corrected chi connectivity index (χ1v) is 13.4. The zero-order valence-corrected chi connectivity index (χ0v) is 23.3. The van der Waals surface area contributed by atoms with E-state index in [0.717, 1.165) is 6.92 Å². The third-order valence-electron chi connectivity index (χ3n) is 9.92. The SMILES string of the molecule is CC(=O)C1=C(O)[C@]2(O)C(=O)C3=C(O)c4c(ccc(-c5ccccc5)c4O)[C@@H](C)[C@]3(C)[C@@H](O)[C@]2(C)C(C(C)C)C1=O. The van der Waals surface area contributed by atoms with E-state index < -0.39 is 74.7 Å². The fourth-order valence-corrected chi connectivity index (χ4v) is 7.78. The molecule has 210 valence electrons. The number of carbonyl (C=O) groups is 3. The van der Waals surface area contributed by atoms with Crippen molar-refractivity contribution < 1.29 is 39.9 Å². The molecular formula is C32H34O8. The molecule has 6 atom stereocenters. The minimum absolute atomic E-state index is 0.0170. The van der Waals surface area contributed by atoms with E-state index in [9.17, 15) is 39.9 Å². The molecule has 2 aromatic carbocycles. The standard InChI is InChI=1S/C32H34O8/c1-14(2)22-25(35)20(16(4)33)27(37)32(40)28(38)23-26(36)21-18(15(3)30(23,5)29(39)31(22,32)6)12-13-19(24(21)34)17-10-8-7-9-11-17/h7-15,22,29,34,36-37,39-40H,1-6H3/t15-,22?,29-,30+,31+,32+/m1/s1. The van der Waals surface area contributed by atoms with Crippen LogP contribution in [0.4, 0.5) is 0 Å². The molecule has 0 bridgehead atoms. The quantitative estimate of drug-likeness (QED) is 0.356. The van der Waals surface area contributed by atoms with Crippen molar-refractivity contribution in [2.75, 3.05) is 0 Å². The van der Waals surface area contributed by atoms with Gasteiger partial charge < -0.3 is 25.5 Å². The van der Waals surface area contributed by atoms with E-state index in [2.05, 4.69) is 0 Å². The number of Topliss-reactive ketones (excluding diaryl/α,β-unsaturated/α-hetero) is 3. The van der Waals surface area contributed by atoms with E-state index in [4.69, 9.17) is 0 Å². The highest BCUT2D eigenvalue weighted by Gasteiger charge is 2.77. The number of hydrogen-bond donors (Lipinski definition) is 5. The molecular weight excluding hydrogens is 512 g/mol. The van der Waals surface area contributed by atoms with Crippen LogP contribution in [0, 0.1) is 22.7 Å². The van der Waals surface area contributed by atoms with Gasteiger partial charge in [0.2, 0.25) is 5.78 Å². The van der Waals surface area contributed by atoms with Crippen molar-refractivity contribution in [3.63, 3.8) is 0 Å². The second kappa shape index (κ2) is 8.62. The Labute approximate surface area is 232 Å². The maximum absolute atomic E-state index is 14.5. The van der Waals surface area contributed by atoms with Gasteiger partial charge in [-0.3, -0.25) is 14.4 Å². The number of allylic oxidation sites excluding steroid dienone is 1. The highest BCUT2D eigenvalue weighted by Crippen LogP contribution is 2.67. The summed E-state index contributed by atoms with van der Waals surface area (Å²) in [6, 6.07) is 12.4. The number of hydrogen-bond acceptors (Lipinski definition) is 8. The number of ketones is 3. The van der Waals surface area contributed by atoms with Gasteiger partial charge in [0.15, 0.2) is 17.2 Å².